The van der Waals surface area contributed by atoms with Crippen LogP contribution in [0.5, 0.6) is 0 Å². The second-order valence-electron chi connectivity index (χ2n) is 6.92. The average Bonchev–Trinajstić information content (AvgIpc) is 3.22. The first-order chi connectivity index (χ1) is 13.4. The Morgan fingerprint density at radius 1 is 1.32 bits per heavy atom. The molecule has 0 bridgehead atoms. The zero-order chi connectivity index (χ0) is 19.9. The number of nitrogens with two attached hydrogens (primary N) is 1. The van der Waals surface area contributed by atoms with Gasteiger partial charge in [-0.1, -0.05) is 12.2 Å². The fourth-order valence-corrected chi connectivity index (χ4v) is 4.44. The largest absolute Gasteiger partial charge is 0.383 e. The summed E-state index contributed by atoms with van der Waals surface area (Å²) in [5.41, 5.74) is 7.74. The Morgan fingerprint density at radius 2 is 2.14 bits per heavy atom. The standard InChI is InChI=1S/C18H21N7O2S/c1-25(2)28(26,27)16-7-11(8-21-18(16)19)14-3-4-15-17(24-14)13(5-6-20-15)12-9-22-23-10-12/h4-7,9-11,14H,3,8H2,1-2H3,(H2,19,21)(H,22,23). The van der Waals surface area contributed by atoms with Crippen molar-refractivity contribution in [2.75, 3.05) is 20.6 Å². The lowest BCUT2D eigenvalue weighted by molar-refractivity contribution is 0.500. The first-order valence-corrected chi connectivity index (χ1v) is 10.3. The highest BCUT2D eigenvalue weighted by atomic mass is 32.2. The first-order valence-electron chi connectivity index (χ1n) is 8.85. The second-order valence-corrected chi connectivity index (χ2v) is 9.04. The Kier molecular flexibility index (Phi) is 4.60. The van der Waals surface area contributed by atoms with Crippen LogP contribution in [0, 0.1) is 5.92 Å². The van der Waals surface area contributed by atoms with Crippen LogP contribution in [0.3, 0.4) is 0 Å². The van der Waals surface area contributed by atoms with E-state index in [1.54, 1.807) is 18.5 Å². The van der Waals surface area contributed by atoms with E-state index in [-0.39, 0.29) is 22.7 Å². The van der Waals surface area contributed by atoms with Gasteiger partial charge in [0.1, 0.15) is 10.7 Å². The first kappa shape index (κ1) is 18.5. The van der Waals surface area contributed by atoms with E-state index >= 15 is 0 Å². The number of hydrogen-bond donors (Lipinski definition) is 2. The van der Waals surface area contributed by atoms with Crippen LogP contribution in [-0.2, 0) is 10.0 Å². The molecule has 146 valence electrons. The summed E-state index contributed by atoms with van der Waals surface area (Å²) in [6, 6.07) is 1.75. The highest BCUT2D eigenvalue weighted by Gasteiger charge is 2.31. The Bertz CT molecular complexity index is 1180. The zero-order valence-electron chi connectivity index (χ0n) is 15.6. The van der Waals surface area contributed by atoms with E-state index < -0.39 is 10.0 Å². The highest BCUT2D eigenvalue weighted by Crippen LogP contribution is 2.25. The number of nitrogens with zero attached hydrogens (tertiary/aromatic N) is 5. The van der Waals surface area contributed by atoms with Gasteiger partial charge in [-0.25, -0.2) is 12.7 Å². The van der Waals surface area contributed by atoms with Crippen LogP contribution in [0.2, 0.25) is 0 Å². The fourth-order valence-electron chi connectivity index (χ4n) is 3.37. The summed E-state index contributed by atoms with van der Waals surface area (Å²) in [4.78, 5) is 13.6. The maximum Gasteiger partial charge on any atom is 0.245 e. The van der Waals surface area contributed by atoms with E-state index in [0.29, 0.717) is 13.0 Å². The lowest BCUT2D eigenvalue weighted by atomic mass is 9.93. The predicted octanol–water partition coefficient (Wildman–Crippen LogP) is -0.594. The van der Waals surface area contributed by atoms with Gasteiger partial charge in [0, 0.05) is 50.1 Å². The quantitative estimate of drug-likeness (QED) is 0.710. The van der Waals surface area contributed by atoms with Crippen molar-refractivity contribution in [3.05, 3.63) is 46.3 Å². The van der Waals surface area contributed by atoms with Crippen molar-refractivity contribution in [2.24, 2.45) is 21.6 Å². The van der Waals surface area contributed by atoms with Crippen LogP contribution in [0.15, 0.2) is 45.6 Å². The van der Waals surface area contributed by atoms with E-state index in [0.717, 1.165) is 26.1 Å². The van der Waals surface area contributed by atoms with Crippen molar-refractivity contribution < 1.29 is 8.42 Å². The number of rotatable bonds is 4. The van der Waals surface area contributed by atoms with E-state index in [1.165, 1.54) is 14.1 Å². The van der Waals surface area contributed by atoms with Gasteiger partial charge < -0.3 is 5.73 Å². The van der Waals surface area contributed by atoms with E-state index in [2.05, 4.69) is 20.2 Å². The molecule has 4 heterocycles. The lowest BCUT2D eigenvalue weighted by Crippen LogP contribution is -2.40. The molecule has 0 amide bonds. The maximum atomic E-state index is 12.6. The SMILES string of the molecule is CN(C)S(=O)(=O)C1=CC(C2CC=c3nccc(-c4cn[nH]c4)c3=N2)CN=C1N. The summed E-state index contributed by atoms with van der Waals surface area (Å²) in [5.74, 6) is -0.121. The molecule has 0 radical (unpaired) electrons. The molecule has 2 aromatic heterocycles. The lowest BCUT2D eigenvalue weighted by Gasteiger charge is -2.26. The molecule has 3 N–H and O–H groups in total. The van der Waals surface area contributed by atoms with Gasteiger partial charge in [-0.2, -0.15) is 5.10 Å². The van der Waals surface area contributed by atoms with Gasteiger partial charge in [-0.05, 0) is 12.5 Å². The molecule has 10 heteroatoms. The van der Waals surface area contributed by atoms with Crippen LogP contribution in [0.1, 0.15) is 6.42 Å². The van der Waals surface area contributed by atoms with Crippen molar-refractivity contribution in [3.8, 4) is 11.1 Å². The van der Waals surface area contributed by atoms with Crippen molar-refractivity contribution >= 4 is 21.9 Å². The molecule has 28 heavy (non-hydrogen) atoms. The van der Waals surface area contributed by atoms with Gasteiger partial charge in [0.05, 0.1) is 22.9 Å². The summed E-state index contributed by atoms with van der Waals surface area (Å²) >= 11 is 0. The van der Waals surface area contributed by atoms with Crippen molar-refractivity contribution in [3.63, 3.8) is 0 Å². The minimum absolute atomic E-state index is 0.0471. The van der Waals surface area contributed by atoms with Crippen LogP contribution in [0.25, 0.3) is 17.2 Å². The van der Waals surface area contributed by atoms with Gasteiger partial charge >= 0.3 is 0 Å². The number of hydrogen-bond acceptors (Lipinski definition) is 7. The molecule has 0 aromatic carbocycles. The topological polar surface area (TPSA) is 130 Å². The minimum atomic E-state index is -3.66. The molecule has 0 fully saturated rings. The number of dihydropyridines is 1. The molecular formula is C18H21N7O2S. The number of fused-ring (bicyclic) bond motifs is 1. The Balaban J connectivity index is 1.76. The van der Waals surface area contributed by atoms with Gasteiger partial charge in [0.25, 0.3) is 0 Å². The highest BCUT2D eigenvalue weighted by molar-refractivity contribution is 7.94. The third kappa shape index (κ3) is 3.14. The van der Waals surface area contributed by atoms with Crippen LogP contribution < -0.4 is 16.4 Å². The molecule has 0 spiro atoms. The Labute approximate surface area is 162 Å². The number of aromatic amines is 1. The summed E-state index contributed by atoms with van der Waals surface area (Å²) in [6.07, 6.45) is 9.68. The maximum absolute atomic E-state index is 12.6. The normalized spacial score (nSPS) is 22.0. The molecule has 4 rings (SSSR count). The molecule has 0 saturated heterocycles. The number of aromatic nitrogens is 3. The van der Waals surface area contributed by atoms with Crippen molar-refractivity contribution in [2.45, 2.75) is 12.5 Å². The van der Waals surface area contributed by atoms with Gasteiger partial charge in [0.15, 0.2) is 0 Å². The molecule has 9 nitrogen and oxygen atoms in total. The number of amidine groups is 1. The van der Waals surface area contributed by atoms with Crippen LogP contribution >= 0.6 is 0 Å². The van der Waals surface area contributed by atoms with Gasteiger partial charge in [0.2, 0.25) is 10.0 Å². The van der Waals surface area contributed by atoms with E-state index in [9.17, 15) is 8.42 Å². The number of nitrogens with one attached hydrogen (secondary N) is 1. The van der Waals surface area contributed by atoms with E-state index in [1.807, 2.05) is 18.3 Å². The third-order valence-corrected chi connectivity index (χ3v) is 6.82. The molecule has 2 aliphatic rings. The average molecular weight is 399 g/mol. The summed E-state index contributed by atoms with van der Waals surface area (Å²) in [5, 5.41) is 8.42. The second kappa shape index (κ2) is 6.95. The number of sulfonamides is 1. The van der Waals surface area contributed by atoms with Gasteiger partial charge in [-0.15, -0.1) is 0 Å². The summed E-state index contributed by atoms with van der Waals surface area (Å²) in [7, 11) is -0.709. The Morgan fingerprint density at radius 3 is 2.86 bits per heavy atom. The van der Waals surface area contributed by atoms with E-state index in [4.69, 9.17) is 10.7 Å². The number of H-pyrrole nitrogens is 1. The smallest absolute Gasteiger partial charge is 0.245 e. The Hall–Kier alpha value is -2.85. The van der Waals surface area contributed by atoms with Crippen molar-refractivity contribution in [1.29, 1.82) is 0 Å². The monoisotopic (exact) mass is 399 g/mol. The molecule has 2 unspecified atom stereocenters. The van der Waals surface area contributed by atoms with Crippen molar-refractivity contribution in [1.82, 2.24) is 19.5 Å². The number of pyridine rings is 1. The molecule has 0 saturated carbocycles. The minimum Gasteiger partial charge on any atom is -0.383 e. The summed E-state index contributed by atoms with van der Waals surface area (Å²) < 4.78 is 26.3. The molecular weight excluding hydrogens is 378 g/mol. The predicted molar refractivity (Wildman–Crippen MR) is 106 cm³/mol. The fraction of sp³-hybridized carbons (Fsp3) is 0.333. The zero-order valence-corrected chi connectivity index (χ0v) is 16.4. The van der Waals surface area contributed by atoms with Crippen LogP contribution in [0.4, 0.5) is 0 Å². The van der Waals surface area contributed by atoms with Crippen LogP contribution in [-0.4, -0.2) is 60.4 Å². The molecule has 2 aromatic rings. The van der Waals surface area contributed by atoms with Gasteiger partial charge in [-0.3, -0.25) is 20.1 Å². The summed E-state index contributed by atoms with van der Waals surface area (Å²) in [6.45, 7) is 0.400. The number of aliphatic imine (C=N–C) groups is 1. The molecule has 0 aliphatic carbocycles. The molecule has 2 atom stereocenters. The molecule has 2 aliphatic heterocycles. The third-order valence-electron chi connectivity index (χ3n) is 4.95.